The molecule has 0 bridgehead atoms. The summed E-state index contributed by atoms with van der Waals surface area (Å²) in [6, 6.07) is -0.911. The number of aromatic nitrogens is 5. The van der Waals surface area contributed by atoms with E-state index >= 15 is 0 Å². The Kier molecular flexibility index (Phi) is 5.69. The van der Waals surface area contributed by atoms with E-state index < -0.39 is 35.9 Å². The van der Waals surface area contributed by atoms with Gasteiger partial charge in [0.05, 0.1) is 18.2 Å². The third kappa shape index (κ3) is 5.12. The van der Waals surface area contributed by atoms with Gasteiger partial charge in [0, 0.05) is 12.4 Å². The topological polar surface area (TPSA) is 132 Å². The zero-order chi connectivity index (χ0) is 19.3. The van der Waals surface area contributed by atoms with Crippen LogP contribution in [0.5, 0.6) is 0 Å². The highest BCUT2D eigenvalue weighted by Crippen LogP contribution is 2.28. The van der Waals surface area contributed by atoms with Crippen LogP contribution in [0.2, 0.25) is 0 Å². The molecule has 2 aromatic rings. The van der Waals surface area contributed by atoms with E-state index in [0.717, 1.165) is 4.68 Å². The van der Waals surface area contributed by atoms with Crippen LogP contribution >= 0.6 is 0 Å². The molecule has 140 valence electrons. The first kappa shape index (κ1) is 19.1. The zero-order valence-electron chi connectivity index (χ0n) is 13.2. The van der Waals surface area contributed by atoms with Crippen molar-refractivity contribution in [3.8, 4) is 0 Å². The molecule has 13 heteroatoms. The molecule has 0 aliphatic heterocycles. The lowest BCUT2D eigenvalue weighted by Crippen LogP contribution is -2.37. The van der Waals surface area contributed by atoms with Gasteiger partial charge in [0.25, 0.3) is 0 Å². The summed E-state index contributed by atoms with van der Waals surface area (Å²) in [5.74, 6) is -1.51. The Labute approximate surface area is 144 Å². The molecule has 2 aromatic heterocycles. The van der Waals surface area contributed by atoms with Crippen molar-refractivity contribution in [2.24, 2.45) is 0 Å². The van der Waals surface area contributed by atoms with Gasteiger partial charge in [-0.3, -0.25) is 0 Å². The molecule has 2 rings (SSSR count). The van der Waals surface area contributed by atoms with Crippen LogP contribution in [0.1, 0.15) is 24.4 Å². The summed E-state index contributed by atoms with van der Waals surface area (Å²) in [4.78, 5) is 33.7. The first-order chi connectivity index (χ1) is 12.2. The number of nitrogens with one attached hydrogen (secondary N) is 1. The summed E-state index contributed by atoms with van der Waals surface area (Å²) in [6.45, 7) is 1.13. The number of carboxylic acid groups (broad SMARTS) is 1. The van der Waals surface area contributed by atoms with Crippen LogP contribution in [0.4, 0.5) is 18.0 Å². The zero-order valence-corrected chi connectivity index (χ0v) is 13.2. The van der Waals surface area contributed by atoms with Gasteiger partial charge in [-0.25, -0.2) is 29.2 Å². The number of hydrogen-bond acceptors (Lipinski definition) is 7. The molecule has 0 aromatic carbocycles. The highest BCUT2D eigenvalue weighted by molar-refractivity contribution is 5.77. The van der Waals surface area contributed by atoms with Gasteiger partial charge in [-0.15, -0.1) is 0 Å². The lowest BCUT2D eigenvalue weighted by atomic mass is 10.3. The summed E-state index contributed by atoms with van der Waals surface area (Å²) in [5, 5.41) is 15.0. The van der Waals surface area contributed by atoms with Crippen molar-refractivity contribution in [3.63, 3.8) is 0 Å². The van der Waals surface area contributed by atoms with Gasteiger partial charge in [-0.1, -0.05) is 0 Å². The van der Waals surface area contributed by atoms with Crippen molar-refractivity contribution in [1.82, 2.24) is 30.0 Å². The van der Waals surface area contributed by atoms with Crippen LogP contribution in [0.25, 0.3) is 0 Å². The van der Waals surface area contributed by atoms with Gasteiger partial charge >= 0.3 is 18.2 Å². The van der Waals surface area contributed by atoms with E-state index in [9.17, 15) is 22.8 Å². The highest BCUT2D eigenvalue weighted by atomic mass is 19.4. The Hall–Kier alpha value is -3.25. The first-order valence-corrected chi connectivity index (χ1v) is 7.08. The number of hydrogen-bond donors (Lipinski definition) is 2. The third-order valence-corrected chi connectivity index (χ3v) is 3.06. The number of alkyl halides is 3. The molecule has 0 radical (unpaired) electrons. The number of carbonyl (C=O) groups is 2. The number of carbonyl (C=O) groups excluding carboxylic acids is 1. The Morgan fingerprint density at radius 3 is 2.50 bits per heavy atom. The molecule has 0 spiro atoms. The van der Waals surface area contributed by atoms with E-state index in [1.54, 1.807) is 0 Å². The monoisotopic (exact) mass is 374 g/mol. The van der Waals surface area contributed by atoms with Crippen molar-refractivity contribution in [2.75, 3.05) is 0 Å². The summed E-state index contributed by atoms with van der Waals surface area (Å²) >= 11 is 0. The molecule has 0 fully saturated rings. The summed E-state index contributed by atoms with van der Waals surface area (Å²) < 4.78 is 43.3. The maximum Gasteiger partial charge on any atom is 0.419 e. The van der Waals surface area contributed by atoms with Crippen molar-refractivity contribution in [2.45, 2.75) is 31.8 Å². The van der Waals surface area contributed by atoms with Gasteiger partial charge < -0.3 is 15.2 Å². The van der Waals surface area contributed by atoms with E-state index in [1.807, 2.05) is 0 Å². The Morgan fingerprint density at radius 2 is 2.00 bits per heavy atom. The van der Waals surface area contributed by atoms with Crippen LogP contribution in [0.15, 0.2) is 25.0 Å². The van der Waals surface area contributed by atoms with Crippen molar-refractivity contribution >= 4 is 12.1 Å². The quantitative estimate of drug-likeness (QED) is 0.766. The minimum Gasteiger partial charge on any atom is -0.478 e. The maximum atomic E-state index is 12.5. The largest absolute Gasteiger partial charge is 0.478 e. The summed E-state index contributed by atoms with van der Waals surface area (Å²) in [5.41, 5.74) is -1.03. The predicted molar refractivity (Wildman–Crippen MR) is 76.5 cm³/mol. The molecule has 0 saturated heterocycles. The van der Waals surface area contributed by atoms with E-state index in [4.69, 9.17) is 9.84 Å². The van der Waals surface area contributed by atoms with Crippen molar-refractivity contribution < 1.29 is 32.6 Å². The number of amides is 1. The number of rotatable bonds is 6. The summed E-state index contributed by atoms with van der Waals surface area (Å²) in [6.07, 6.45) is -3.64. The first-order valence-electron chi connectivity index (χ1n) is 7.08. The molecule has 0 saturated carbocycles. The SMILES string of the molecule is CC(NC(=O)OC(Cn1cncn1)C(=O)O)c1ncc(C(F)(F)F)cn1. The van der Waals surface area contributed by atoms with E-state index in [-0.39, 0.29) is 12.4 Å². The van der Waals surface area contributed by atoms with E-state index in [0.29, 0.717) is 12.4 Å². The third-order valence-electron chi connectivity index (χ3n) is 3.06. The van der Waals surface area contributed by atoms with Crippen LogP contribution in [-0.4, -0.2) is 48.0 Å². The van der Waals surface area contributed by atoms with Gasteiger partial charge in [0.2, 0.25) is 6.10 Å². The molecule has 0 aliphatic carbocycles. The van der Waals surface area contributed by atoms with E-state index in [2.05, 4.69) is 25.4 Å². The van der Waals surface area contributed by atoms with Crippen molar-refractivity contribution in [1.29, 1.82) is 0 Å². The van der Waals surface area contributed by atoms with Crippen LogP contribution in [-0.2, 0) is 22.3 Å². The lowest BCUT2D eigenvalue weighted by Gasteiger charge is -2.17. The number of aliphatic carboxylic acids is 1. The molecule has 2 unspecified atom stereocenters. The minimum atomic E-state index is -4.58. The molecule has 2 heterocycles. The van der Waals surface area contributed by atoms with Gasteiger partial charge in [0.15, 0.2) is 0 Å². The normalized spacial score (nSPS) is 13.7. The average molecular weight is 374 g/mol. The maximum absolute atomic E-state index is 12.5. The number of nitrogens with zero attached hydrogens (tertiary/aromatic N) is 5. The van der Waals surface area contributed by atoms with Gasteiger partial charge in [-0.05, 0) is 6.92 Å². The summed E-state index contributed by atoms with van der Waals surface area (Å²) in [7, 11) is 0. The highest BCUT2D eigenvalue weighted by Gasteiger charge is 2.31. The van der Waals surface area contributed by atoms with Crippen LogP contribution < -0.4 is 5.32 Å². The van der Waals surface area contributed by atoms with Crippen LogP contribution in [0.3, 0.4) is 0 Å². The average Bonchev–Trinajstić information content (AvgIpc) is 3.06. The molecule has 0 aliphatic rings. The Balaban J connectivity index is 1.95. The molecule has 1 amide bonds. The fourth-order valence-corrected chi connectivity index (χ4v) is 1.78. The fraction of sp³-hybridized carbons (Fsp3) is 0.385. The Bertz CT molecular complexity index is 750. The molecule has 26 heavy (non-hydrogen) atoms. The predicted octanol–water partition coefficient (Wildman–Crippen LogP) is 1.03. The minimum absolute atomic E-state index is 0.0990. The van der Waals surface area contributed by atoms with Crippen molar-refractivity contribution in [3.05, 3.63) is 36.4 Å². The van der Waals surface area contributed by atoms with E-state index in [1.165, 1.54) is 19.6 Å². The van der Waals surface area contributed by atoms with Crippen LogP contribution in [0, 0.1) is 0 Å². The lowest BCUT2D eigenvalue weighted by molar-refractivity contribution is -0.147. The number of ether oxygens (including phenoxy) is 1. The molecular formula is C13H13F3N6O4. The smallest absolute Gasteiger partial charge is 0.419 e. The number of halogens is 3. The van der Waals surface area contributed by atoms with Gasteiger partial charge in [0.1, 0.15) is 18.5 Å². The Morgan fingerprint density at radius 1 is 1.35 bits per heavy atom. The standard InChI is InChI=1S/C13H13F3N6O4/c1-7(10-18-2-8(3-19-10)13(14,15)16)21-12(25)26-9(11(23)24)4-22-6-17-5-20-22/h2-3,5-7,9H,4H2,1H3,(H,21,25)(H,23,24). The molecular weight excluding hydrogens is 361 g/mol. The van der Waals surface area contributed by atoms with Gasteiger partial charge in [-0.2, -0.15) is 18.3 Å². The number of alkyl carbamates (subject to hydrolysis) is 1. The second kappa shape index (κ2) is 7.76. The molecule has 10 nitrogen and oxygen atoms in total. The molecule has 2 N–H and O–H groups in total. The second-order valence-electron chi connectivity index (χ2n) is 5.04. The molecule has 2 atom stereocenters. The fourth-order valence-electron chi connectivity index (χ4n) is 1.78. The second-order valence-corrected chi connectivity index (χ2v) is 5.04. The number of carboxylic acids is 1.